The van der Waals surface area contributed by atoms with E-state index in [1.54, 1.807) is 30.3 Å². The first-order chi connectivity index (χ1) is 15.3. The summed E-state index contributed by atoms with van der Waals surface area (Å²) in [5.74, 6) is -0.0997. The molecule has 0 aliphatic carbocycles. The second-order valence-corrected chi connectivity index (χ2v) is 7.40. The number of aryl methyl sites for hydroxylation is 1. The third kappa shape index (κ3) is 5.52. The van der Waals surface area contributed by atoms with Crippen molar-refractivity contribution < 1.29 is 28.5 Å². The molecule has 0 aliphatic rings. The van der Waals surface area contributed by atoms with Gasteiger partial charge < -0.3 is 24.3 Å². The molecule has 2 aromatic carbocycles. The molecule has 3 aromatic rings. The smallest absolute Gasteiger partial charge is 0.344 e. The summed E-state index contributed by atoms with van der Waals surface area (Å²) >= 11 is 12.4. The number of nitrogens with zero attached hydrogens (tertiary/aromatic N) is 1. The number of fused-ring (bicyclic) bond motifs is 1. The van der Waals surface area contributed by atoms with E-state index in [2.05, 4.69) is 10.3 Å². The fourth-order valence-electron chi connectivity index (χ4n) is 2.86. The van der Waals surface area contributed by atoms with Crippen molar-refractivity contribution in [2.24, 2.45) is 0 Å². The molecular weight excluding hydrogens is 459 g/mol. The number of amides is 1. The van der Waals surface area contributed by atoms with E-state index in [1.165, 1.54) is 20.3 Å². The highest BCUT2D eigenvalue weighted by molar-refractivity contribution is 6.39. The van der Waals surface area contributed by atoms with Crippen LogP contribution >= 0.6 is 23.2 Å². The van der Waals surface area contributed by atoms with Crippen molar-refractivity contribution in [3.63, 3.8) is 0 Å². The topological polar surface area (TPSA) is 96.0 Å². The number of rotatable bonds is 8. The number of halogens is 2. The van der Waals surface area contributed by atoms with Crippen molar-refractivity contribution in [3.05, 3.63) is 52.1 Å². The summed E-state index contributed by atoms with van der Waals surface area (Å²) in [5.41, 5.74) is 1.62. The monoisotopic (exact) mass is 478 g/mol. The SMILES string of the molecule is COc1ccc(NC(=O)COC(=O)COc2c(Cl)cc(Cl)c3ccc(C)nc23)cc1OC. The second-order valence-electron chi connectivity index (χ2n) is 6.59. The van der Waals surface area contributed by atoms with Crippen molar-refractivity contribution in [1.82, 2.24) is 4.98 Å². The number of pyridine rings is 1. The Morgan fingerprint density at radius 3 is 2.44 bits per heavy atom. The molecule has 0 saturated heterocycles. The maximum atomic E-state index is 12.1. The molecule has 0 aliphatic heterocycles. The zero-order valence-corrected chi connectivity index (χ0v) is 19.0. The number of nitrogens with one attached hydrogen (secondary N) is 1. The fourth-order valence-corrected chi connectivity index (χ4v) is 3.43. The molecule has 0 bridgehead atoms. The molecule has 0 saturated carbocycles. The van der Waals surface area contributed by atoms with E-state index in [9.17, 15) is 9.59 Å². The van der Waals surface area contributed by atoms with Crippen LogP contribution in [0.1, 0.15) is 5.69 Å². The van der Waals surface area contributed by atoms with E-state index in [0.29, 0.717) is 33.1 Å². The summed E-state index contributed by atoms with van der Waals surface area (Å²) in [7, 11) is 2.99. The summed E-state index contributed by atoms with van der Waals surface area (Å²) in [6, 6.07) is 9.97. The Morgan fingerprint density at radius 2 is 1.72 bits per heavy atom. The molecule has 0 spiro atoms. The summed E-state index contributed by atoms with van der Waals surface area (Å²) in [6.07, 6.45) is 0. The lowest BCUT2D eigenvalue weighted by Crippen LogP contribution is -2.23. The summed E-state index contributed by atoms with van der Waals surface area (Å²) in [5, 5.41) is 3.87. The number of carbonyl (C=O) groups is 2. The highest BCUT2D eigenvalue weighted by Crippen LogP contribution is 2.37. The standard InChI is InChI=1S/C22H20Cl2N2O6/c1-12-4-6-14-15(23)9-16(24)22(21(14)25-12)32-11-20(28)31-10-19(27)26-13-5-7-17(29-2)18(8-13)30-3/h4-9H,10-11H2,1-3H3,(H,26,27). The van der Waals surface area contributed by atoms with Gasteiger partial charge in [0, 0.05) is 22.8 Å². The van der Waals surface area contributed by atoms with Gasteiger partial charge in [0.25, 0.3) is 5.91 Å². The minimum atomic E-state index is -0.751. The maximum Gasteiger partial charge on any atom is 0.344 e. The predicted octanol–water partition coefficient (Wildman–Crippen LogP) is 4.43. The number of hydrogen-bond acceptors (Lipinski definition) is 7. The minimum Gasteiger partial charge on any atom is -0.493 e. The number of ether oxygens (including phenoxy) is 4. The van der Waals surface area contributed by atoms with Gasteiger partial charge in [-0.15, -0.1) is 0 Å². The number of hydrogen-bond donors (Lipinski definition) is 1. The first-order valence-electron chi connectivity index (χ1n) is 9.38. The van der Waals surface area contributed by atoms with Crippen LogP contribution < -0.4 is 19.5 Å². The molecule has 8 nitrogen and oxygen atoms in total. The molecule has 0 fully saturated rings. The van der Waals surface area contributed by atoms with Gasteiger partial charge in [-0.25, -0.2) is 9.78 Å². The molecule has 1 N–H and O–H groups in total. The van der Waals surface area contributed by atoms with Crippen LogP contribution in [0.3, 0.4) is 0 Å². The van der Waals surface area contributed by atoms with E-state index in [0.717, 1.165) is 5.69 Å². The van der Waals surface area contributed by atoms with Crippen LogP contribution in [0.2, 0.25) is 10.0 Å². The van der Waals surface area contributed by atoms with Crippen LogP contribution in [0.15, 0.2) is 36.4 Å². The van der Waals surface area contributed by atoms with Gasteiger partial charge in [-0.3, -0.25) is 4.79 Å². The van der Waals surface area contributed by atoms with E-state index in [1.807, 2.05) is 6.92 Å². The van der Waals surface area contributed by atoms with E-state index in [-0.39, 0.29) is 10.8 Å². The molecule has 0 atom stereocenters. The van der Waals surface area contributed by atoms with E-state index in [4.69, 9.17) is 42.1 Å². The zero-order chi connectivity index (χ0) is 23.3. The molecule has 10 heteroatoms. The molecular formula is C22H20Cl2N2O6. The van der Waals surface area contributed by atoms with Crippen LogP contribution in [-0.4, -0.2) is 44.3 Å². The van der Waals surface area contributed by atoms with Crippen molar-refractivity contribution in [2.75, 3.05) is 32.8 Å². The molecule has 3 rings (SSSR count). The van der Waals surface area contributed by atoms with Crippen LogP contribution in [0, 0.1) is 6.92 Å². The van der Waals surface area contributed by atoms with Crippen LogP contribution in [0.4, 0.5) is 5.69 Å². The fraction of sp³-hybridized carbons (Fsp3) is 0.227. The lowest BCUT2D eigenvalue weighted by molar-refractivity contribution is -0.149. The molecule has 0 radical (unpaired) electrons. The second kappa shape index (κ2) is 10.4. The minimum absolute atomic E-state index is 0.208. The normalized spacial score (nSPS) is 10.5. The molecule has 1 aromatic heterocycles. The molecule has 168 valence electrons. The third-order valence-corrected chi connectivity index (χ3v) is 4.94. The van der Waals surface area contributed by atoms with Gasteiger partial charge in [-0.05, 0) is 37.3 Å². The number of carbonyl (C=O) groups excluding carboxylic acids is 2. The molecule has 1 amide bonds. The van der Waals surface area contributed by atoms with Crippen LogP contribution in [0.25, 0.3) is 10.9 Å². The first-order valence-corrected chi connectivity index (χ1v) is 10.1. The number of benzene rings is 2. The van der Waals surface area contributed by atoms with Gasteiger partial charge in [-0.2, -0.15) is 0 Å². The largest absolute Gasteiger partial charge is 0.493 e. The van der Waals surface area contributed by atoms with E-state index >= 15 is 0 Å². The number of anilines is 1. The average molecular weight is 479 g/mol. The van der Waals surface area contributed by atoms with Crippen molar-refractivity contribution >= 4 is 51.7 Å². The lowest BCUT2D eigenvalue weighted by Gasteiger charge is -2.12. The summed E-state index contributed by atoms with van der Waals surface area (Å²) in [6.45, 7) is 0.849. The highest BCUT2D eigenvalue weighted by Gasteiger charge is 2.16. The predicted molar refractivity (Wildman–Crippen MR) is 121 cm³/mol. The Morgan fingerprint density at radius 1 is 0.969 bits per heavy atom. The van der Waals surface area contributed by atoms with Gasteiger partial charge in [0.15, 0.2) is 30.5 Å². The average Bonchev–Trinajstić information content (AvgIpc) is 2.77. The zero-order valence-electron chi connectivity index (χ0n) is 17.5. The Kier molecular flexibility index (Phi) is 7.61. The van der Waals surface area contributed by atoms with Crippen LogP contribution in [-0.2, 0) is 14.3 Å². The Hall–Kier alpha value is -3.23. The number of esters is 1. The summed E-state index contributed by atoms with van der Waals surface area (Å²) in [4.78, 5) is 28.6. The Labute approximate surface area is 194 Å². The van der Waals surface area contributed by atoms with Gasteiger partial charge in [0.2, 0.25) is 0 Å². The van der Waals surface area contributed by atoms with Gasteiger partial charge >= 0.3 is 5.97 Å². The number of methoxy groups -OCH3 is 2. The van der Waals surface area contributed by atoms with Crippen LogP contribution in [0.5, 0.6) is 17.2 Å². The Bertz CT molecular complexity index is 1170. The molecule has 0 unspecified atom stereocenters. The van der Waals surface area contributed by atoms with E-state index < -0.39 is 25.1 Å². The first kappa shape index (κ1) is 23.4. The van der Waals surface area contributed by atoms with Gasteiger partial charge in [0.1, 0.15) is 5.52 Å². The molecule has 1 heterocycles. The molecule has 32 heavy (non-hydrogen) atoms. The quantitative estimate of drug-likeness (QED) is 0.478. The third-order valence-electron chi connectivity index (χ3n) is 4.34. The van der Waals surface area contributed by atoms with Crippen molar-refractivity contribution in [3.8, 4) is 17.2 Å². The van der Waals surface area contributed by atoms with Crippen molar-refractivity contribution in [1.29, 1.82) is 0 Å². The summed E-state index contributed by atoms with van der Waals surface area (Å²) < 4.78 is 20.8. The van der Waals surface area contributed by atoms with Gasteiger partial charge in [0.05, 0.1) is 24.3 Å². The highest BCUT2D eigenvalue weighted by atomic mass is 35.5. The Balaban J connectivity index is 1.58. The maximum absolute atomic E-state index is 12.1. The lowest BCUT2D eigenvalue weighted by atomic mass is 10.2. The van der Waals surface area contributed by atoms with Gasteiger partial charge in [-0.1, -0.05) is 23.2 Å². The number of aromatic nitrogens is 1. The van der Waals surface area contributed by atoms with Crippen molar-refractivity contribution in [2.45, 2.75) is 6.92 Å².